The van der Waals surface area contributed by atoms with Crippen LogP contribution in [0.15, 0.2) is 42.5 Å². The molecule has 2 aromatic carbocycles. The van der Waals surface area contributed by atoms with E-state index in [1.807, 2.05) is 43.3 Å². The van der Waals surface area contributed by atoms with Gasteiger partial charge in [-0.15, -0.1) is 0 Å². The smallest absolute Gasteiger partial charge is 0.166 e. The van der Waals surface area contributed by atoms with Gasteiger partial charge in [0.2, 0.25) is 0 Å². The van der Waals surface area contributed by atoms with E-state index in [9.17, 15) is 0 Å². The number of aliphatic hydroxyl groups is 1. The van der Waals surface area contributed by atoms with Crippen LogP contribution in [0, 0.1) is 0 Å². The van der Waals surface area contributed by atoms with Crippen LogP contribution in [0.3, 0.4) is 0 Å². The molecule has 3 N–H and O–H groups in total. The molecule has 0 aliphatic heterocycles. The normalized spacial score (nSPS) is 10.8. The van der Waals surface area contributed by atoms with E-state index in [0.29, 0.717) is 31.3 Å². The van der Waals surface area contributed by atoms with Crippen LogP contribution in [0.1, 0.15) is 24.5 Å². The molecule has 27 heavy (non-hydrogen) atoms. The summed E-state index contributed by atoms with van der Waals surface area (Å²) < 4.78 is 11.9. The zero-order valence-corrected chi connectivity index (χ0v) is 16.6. The van der Waals surface area contributed by atoms with Gasteiger partial charge in [0.15, 0.2) is 11.5 Å². The van der Waals surface area contributed by atoms with Crippen molar-refractivity contribution in [3.63, 3.8) is 0 Å². The Labute approximate surface area is 166 Å². The van der Waals surface area contributed by atoms with Crippen molar-refractivity contribution >= 4 is 11.6 Å². The molecule has 0 bridgehead atoms. The molecule has 0 atom stereocenters. The summed E-state index contributed by atoms with van der Waals surface area (Å²) >= 11 is 5.95. The van der Waals surface area contributed by atoms with Gasteiger partial charge in [0.25, 0.3) is 0 Å². The number of aliphatic hydroxyl groups excluding tert-OH is 1. The van der Waals surface area contributed by atoms with Gasteiger partial charge < -0.3 is 25.2 Å². The maximum atomic E-state index is 8.75. The quantitative estimate of drug-likeness (QED) is 0.456. The lowest BCUT2D eigenvalue weighted by Crippen LogP contribution is -2.24. The second-order valence-corrected chi connectivity index (χ2v) is 6.53. The van der Waals surface area contributed by atoms with Crippen molar-refractivity contribution in [2.45, 2.75) is 26.5 Å². The van der Waals surface area contributed by atoms with Crippen LogP contribution in [-0.2, 0) is 13.2 Å². The van der Waals surface area contributed by atoms with E-state index in [2.05, 4.69) is 16.7 Å². The van der Waals surface area contributed by atoms with E-state index in [4.69, 9.17) is 26.2 Å². The maximum absolute atomic E-state index is 8.75. The number of hydrogen-bond donors (Lipinski definition) is 3. The molecule has 0 spiro atoms. The Morgan fingerprint density at radius 2 is 1.74 bits per heavy atom. The summed E-state index contributed by atoms with van der Waals surface area (Å²) in [7, 11) is 0. The Morgan fingerprint density at radius 3 is 2.48 bits per heavy atom. The topological polar surface area (TPSA) is 62.8 Å². The molecule has 6 heteroatoms. The highest BCUT2D eigenvalue weighted by Crippen LogP contribution is 2.32. The van der Waals surface area contributed by atoms with E-state index in [0.717, 1.165) is 42.1 Å². The molecule has 0 aliphatic rings. The maximum Gasteiger partial charge on any atom is 0.166 e. The van der Waals surface area contributed by atoms with Crippen LogP contribution in [0.4, 0.5) is 0 Å². The second kappa shape index (κ2) is 12.6. The molecular formula is C21H29ClN2O3. The van der Waals surface area contributed by atoms with Crippen LogP contribution in [-0.4, -0.2) is 38.0 Å². The number of benzene rings is 2. The van der Waals surface area contributed by atoms with Gasteiger partial charge in [0.05, 0.1) is 13.2 Å². The summed E-state index contributed by atoms with van der Waals surface area (Å²) in [5, 5.41) is 16.1. The Balaban J connectivity index is 1.94. The van der Waals surface area contributed by atoms with Crippen LogP contribution in [0.25, 0.3) is 0 Å². The molecule has 0 radical (unpaired) electrons. The van der Waals surface area contributed by atoms with Crippen LogP contribution in [0.2, 0.25) is 5.02 Å². The molecule has 148 valence electrons. The zero-order chi connectivity index (χ0) is 19.3. The lowest BCUT2D eigenvalue weighted by atomic mass is 10.1. The van der Waals surface area contributed by atoms with Crippen molar-refractivity contribution in [3.05, 3.63) is 58.6 Å². The van der Waals surface area contributed by atoms with Gasteiger partial charge in [-0.2, -0.15) is 0 Å². The zero-order valence-electron chi connectivity index (χ0n) is 15.8. The molecule has 0 saturated carbocycles. The summed E-state index contributed by atoms with van der Waals surface area (Å²) in [5.74, 6) is 1.54. The minimum atomic E-state index is 0.173. The largest absolute Gasteiger partial charge is 0.490 e. The minimum absolute atomic E-state index is 0.173. The summed E-state index contributed by atoms with van der Waals surface area (Å²) in [6.45, 7) is 6.29. The minimum Gasteiger partial charge on any atom is -0.490 e. The van der Waals surface area contributed by atoms with Gasteiger partial charge in [-0.3, -0.25) is 0 Å². The lowest BCUT2D eigenvalue weighted by molar-refractivity contribution is 0.266. The van der Waals surface area contributed by atoms with Crippen molar-refractivity contribution in [1.29, 1.82) is 0 Å². The molecule has 2 rings (SSSR count). The highest BCUT2D eigenvalue weighted by atomic mass is 35.5. The van der Waals surface area contributed by atoms with Crippen molar-refractivity contribution in [2.75, 3.05) is 32.8 Å². The summed E-state index contributed by atoms with van der Waals surface area (Å²) in [5.41, 5.74) is 2.12. The molecule has 0 unspecified atom stereocenters. The number of ether oxygens (including phenoxy) is 2. The van der Waals surface area contributed by atoms with E-state index < -0.39 is 0 Å². The number of rotatable bonds is 13. The van der Waals surface area contributed by atoms with Gasteiger partial charge in [-0.25, -0.2) is 0 Å². The Morgan fingerprint density at radius 1 is 0.963 bits per heavy atom. The molecule has 2 aromatic rings. The third-order valence-electron chi connectivity index (χ3n) is 3.97. The number of para-hydroxylation sites is 1. The third-order valence-corrected chi connectivity index (χ3v) is 4.22. The summed E-state index contributed by atoms with van der Waals surface area (Å²) in [4.78, 5) is 0. The SMILES string of the molecule is CCOc1cccc(CNCCCNCCO)c1OCc1ccc(Cl)cc1. The molecule has 0 heterocycles. The number of halogens is 1. The third kappa shape index (κ3) is 7.77. The molecule has 0 fully saturated rings. The predicted molar refractivity (Wildman–Crippen MR) is 110 cm³/mol. The first-order valence-corrected chi connectivity index (χ1v) is 9.76. The molecular weight excluding hydrogens is 364 g/mol. The Kier molecular flexibility index (Phi) is 10.0. The van der Waals surface area contributed by atoms with Crippen molar-refractivity contribution in [1.82, 2.24) is 10.6 Å². The molecule has 0 aromatic heterocycles. The van der Waals surface area contributed by atoms with Crippen LogP contribution < -0.4 is 20.1 Å². The number of hydrogen-bond acceptors (Lipinski definition) is 5. The van der Waals surface area contributed by atoms with Crippen molar-refractivity contribution in [2.24, 2.45) is 0 Å². The van der Waals surface area contributed by atoms with Gasteiger partial charge in [-0.05, 0) is 50.2 Å². The molecule has 0 aliphatic carbocycles. The standard InChI is InChI=1S/C21H29ClN2O3/c1-2-26-20-6-3-5-18(15-24-12-4-11-23-13-14-25)21(20)27-16-17-7-9-19(22)10-8-17/h3,5-10,23-25H,2,4,11-16H2,1H3. The monoisotopic (exact) mass is 392 g/mol. The molecule has 0 amide bonds. The van der Waals surface area contributed by atoms with Crippen molar-refractivity contribution in [3.8, 4) is 11.5 Å². The predicted octanol–water partition coefficient (Wildman–Crippen LogP) is 3.38. The highest BCUT2D eigenvalue weighted by Gasteiger charge is 2.11. The fraction of sp³-hybridized carbons (Fsp3) is 0.429. The van der Waals surface area contributed by atoms with Crippen LogP contribution >= 0.6 is 11.6 Å². The van der Waals surface area contributed by atoms with Crippen LogP contribution in [0.5, 0.6) is 11.5 Å². The first-order valence-electron chi connectivity index (χ1n) is 9.38. The fourth-order valence-corrected chi connectivity index (χ4v) is 2.76. The molecule has 5 nitrogen and oxygen atoms in total. The Bertz CT molecular complexity index is 665. The first kappa shape index (κ1) is 21.5. The number of nitrogens with one attached hydrogen (secondary N) is 2. The van der Waals surface area contributed by atoms with Crippen molar-refractivity contribution < 1.29 is 14.6 Å². The van der Waals surface area contributed by atoms with E-state index >= 15 is 0 Å². The first-order chi connectivity index (χ1) is 13.2. The van der Waals surface area contributed by atoms with Gasteiger partial charge >= 0.3 is 0 Å². The average Bonchev–Trinajstić information content (AvgIpc) is 2.68. The van der Waals surface area contributed by atoms with E-state index in [1.54, 1.807) is 0 Å². The second-order valence-electron chi connectivity index (χ2n) is 6.10. The van der Waals surface area contributed by atoms with Gasteiger partial charge in [0, 0.05) is 23.7 Å². The fourth-order valence-electron chi connectivity index (χ4n) is 2.64. The summed E-state index contributed by atoms with van der Waals surface area (Å²) in [6, 6.07) is 13.6. The van der Waals surface area contributed by atoms with E-state index in [1.165, 1.54) is 0 Å². The van der Waals surface area contributed by atoms with Gasteiger partial charge in [-0.1, -0.05) is 35.9 Å². The molecule has 0 saturated heterocycles. The van der Waals surface area contributed by atoms with E-state index in [-0.39, 0.29) is 6.61 Å². The lowest BCUT2D eigenvalue weighted by Gasteiger charge is -2.16. The average molecular weight is 393 g/mol. The summed E-state index contributed by atoms with van der Waals surface area (Å²) in [6.07, 6.45) is 0.992. The highest BCUT2D eigenvalue weighted by molar-refractivity contribution is 6.30. The Hall–Kier alpha value is -1.79. The van der Waals surface area contributed by atoms with Gasteiger partial charge in [0.1, 0.15) is 6.61 Å².